The third kappa shape index (κ3) is 2.60. The lowest BCUT2D eigenvalue weighted by Gasteiger charge is -2.14. The molecule has 1 aromatic heterocycles. The molecule has 0 saturated heterocycles. The molecule has 2 aromatic carbocycles. The first-order chi connectivity index (χ1) is 10.2. The number of nitrogens with zero attached hydrogens (tertiary/aromatic N) is 2. The number of benzene rings is 2. The van der Waals surface area contributed by atoms with Crippen LogP contribution >= 0.6 is 11.6 Å². The molecule has 3 nitrogen and oxygen atoms in total. The highest BCUT2D eigenvalue weighted by Gasteiger charge is 2.13. The Labute approximate surface area is 127 Å². The zero-order valence-corrected chi connectivity index (χ0v) is 12.2. The van der Waals surface area contributed by atoms with Gasteiger partial charge in [0.25, 0.3) is 5.56 Å². The van der Waals surface area contributed by atoms with E-state index in [1.807, 2.05) is 55.5 Å². The lowest BCUT2D eigenvalue weighted by atomic mass is 10.2. The van der Waals surface area contributed by atoms with E-state index in [0.717, 1.165) is 5.56 Å². The zero-order chi connectivity index (χ0) is 14.8. The van der Waals surface area contributed by atoms with Gasteiger partial charge in [-0.3, -0.25) is 9.36 Å². The van der Waals surface area contributed by atoms with Gasteiger partial charge in [0.1, 0.15) is 5.82 Å². The van der Waals surface area contributed by atoms with E-state index in [1.165, 1.54) is 6.07 Å². The molecule has 0 saturated carbocycles. The van der Waals surface area contributed by atoms with Crippen molar-refractivity contribution in [1.29, 1.82) is 0 Å². The molecule has 0 atom stereocenters. The molecule has 0 aliphatic rings. The van der Waals surface area contributed by atoms with Gasteiger partial charge in [0.05, 0.1) is 10.7 Å². The quantitative estimate of drug-likeness (QED) is 0.720. The largest absolute Gasteiger partial charge is 0.269 e. The smallest absolute Gasteiger partial charge is 0.258 e. The van der Waals surface area contributed by atoms with Gasteiger partial charge < -0.3 is 0 Å². The first-order valence-corrected chi connectivity index (χ1v) is 6.95. The normalized spacial score (nSPS) is 10.6. The molecule has 0 aliphatic heterocycles. The molecule has 3 aromatic rings. The summed E-state index contributed by atoms with van der Waals surface area (Å²) >= 11 is 6.24. The standard InChI is InChI=1S/C17H13ClN2O/c1-12-11-16(21)20(15-10-6-5-9-14(15)18)17(19-12)13-7-3-2-4-8-13/h2-11H,1H3. The van der Waals surface area contributed by atoms with Crippen molar-refractivity contribution in [2.75, 3.05) is 0 Å². The molecule has 104 valence electrons. The van der Waals surface area contributed by atoms with Crippen molar-refractivity contribution in [3.05, 3.63) is 81.7 Å². The van der Waals surface area contributed by atoms with E-state index >= 15 is 0 Å². The summed E-state index contributed by atoms with van der Waals surface area (Å²) in [7, 11) is 0. The molecule has 0 N–H and O–H groups in total. The van der Waals surface area contributed by atoms with E-state index < -0.39 is 0 Å². The predicted octanol–water partition coefficient (Wildman–Crippen LogP) is 3.86. The van der Waals surface area contributed by atoms with Crippen molar-refractivity contribution in [3.8, 4) is 17.1 Å². The summed E-state index contributed by atoms with van der Waals surface area (Å²) in [5.74, 6) is 0.591. The Morgan fingerprint density at radius 1 is 1.00 bits per heavy atom. The maximum Gasteiger partial charge on any atom is 0.258 e. The molecule has 0 aliphatic carbocycles. The van der Waals surface area contributed by atoms with Gasteiger partial charge in [0, 0.05) is 17.3 Å². The van der Waals surface area contributed by atoms with Crippen LogP contribution in [0.3, 0.4) is 0 Å². The maximum atomic E-state index is 12.5. The summed E-state index contributed by atoms with van der Waals surface area (Å²) < 4.78 is 1.55. The number of para-hydroxylation sites is 1. The number of hydrogen-bond acceptors (Lipinski definition) is 2. The van der Waals surface area contributed by atoms with Crippen molar-refractivity contribution in [1.82, 2.24) is 9.55 Å². The second kappa shape index (κ2) is 5.54. The minimum Gasteiger partial charge on any atom is -0.269 e. The number of aromatic nitrogens is 2. The fourth-order valence-electron chi connectivity index (χ4n) is 2.24. The average molecular weight is 297 g/mol. The fraction of sp³-hybridized carbons (Fsp3) is 0.0588. The molecule has 0 spiro atoms. The van der Waals surface area contributed by atoms with Crippen LogP contribution in [-0.4, -0.2) is 9.55 Å². The van der Waals surface area contributed by atoms with Gasteiger partial charge >= 0.3 is 0 Å². The molecule has 21 heavy (non-hydrogen) atoms. The zero-order valence-electron chi connectivity index (χ0n) is 11.5. The van der Waals surface area contributed by atoms with Crippen LogP contribution < -0.4 is 5.56 Å². The van der Waals surface area contributed by atoms with Gasteiger partial charge in [-0.15, -0.1) is 0 Å². The summed E-state index contributed by atoms with van der Waals surface area (Å²) in [4.78, 5) is 17.0. The van der Waals surface area contributed by atoms with Crippen molar-refractivity contribution in [2.24, 2.45) is 0 Å². The van der Waals surface area contributed by atoms with E-state index in [2.05, 4.69) is 4.98 Å². The molecule has 1 heterocycles. The van der Waals surface area contributed by atoms with Gasteiger partial charge in [0.2, 0.25) is 0 Å². The summed E-state index contributed by atoms with van der Waals surface area (Å²) in [5.41, 5.74) is 2.05. The molecule has 0 amide bonds. The molecular formula is C17H13ClN2O. The monoisotopic (exact) mass is 296 g/mol. The Bertz CT molecular complexity index is 841. The highest BCUT2D eigenvalue weighted by molar-refractivity contribution is 6.32. The van der Waals surface area contributed by atoms with Crippen LogP contribution in [0.5, 0.6) is 0 Å². The minimum absolute atomic E-state index is 0.144. The van der Waals surface area contributed by atoms with E-state index in [1.54, 1.807) is 10.6 Å². The number of rotatable bonds is 2. The summed E-state index contributed by atoms with van der Waals surface area (Å²) in [6.45, 7) is 1.81. The summed E-state index contributed by atoms with van der Waals surface area (Å²) in [6.07, 6.45) is 0. The SMILES string of the molecule is Cc1cc(=O)n(-c2ccccc2Cl)c(-c2ccccc2)n1. The van der Waals surface area contributed by atoms with Crippen LogP contribution in [0.15, 0.2) is 65.5 Å². The molecule has 0 fully saturated rings. The molecule has 0 bridgehead atoms. The summed E-state index contributed by atoms with van der Waals surface area (Å²) in [5, 5.41) is 0.516. The Morgan fingerprint density at radius 3 is 2.38 bits per heavy atom. The first kappa shape index (κ1) is 13.6. The highest BCUT2D eigenvalue weighted by Crippen LogP contribution is 2.24. The van der Waals surface area contributed by atoms with Crippen LogP contribution in [0, 0.1) is 6.92 Å². The first-order valence-electron chi connectivity index (χ1n) is 6.58. The lowest BCUT2D eigenvalue weighted by Crippen LogP contribution is -2.21. The third-order valence-corrected chi connectivity index (χ3v) is 3.49. The lowest BCUT2D eigenvalue weighted by molar-refractivity contribution is 0.930. The second-order valence-corrected chi connectivity index (χ2v) is 5.12. The highest BCUT2D eigenvalue weighted by atomic mass is 35.5. The van der Waals surface area contributed by atoms with Crippen LogP contribution in [0.1, 0.15) is 5.69 Å². The predicted molar refractivity (Wildman–Crippen MR) is 85.0 cm³/mol. The van der Waals surface area contributed by atoms with Crippen molar-refractivity contribution >= 4 is 11.6 Å². The van der Waals surface area contributed by atoms with Crippen LogP contribution in [0.4, 0.5) is 0 Å². The molecule has 0 radical (unpaired) electrons. The van der Waals surface area contributed by atoms with E-state index in [4.69, 9.17) is 11.6 Å². The van der Waals surface area contributed by atoms with E-state index in [0.29, 0.717) is 22.2 Å². The second-order valence-electron chi connectivity index (χ2n) is 4.71. The average Bonchev–Trinajstić information content (AvgIpc) is 2.49. The van der Waals surface area contributed by atoms with E-state index in [-0.39, 0.29) is 5.56 Å². The van der Waals surface area contributed by atoms with Gasteiger partial charge in [0.15, 0.2) is 0 Å². The molecule has 0 unspecified atom stereocenters. The topological polar surface area (TPSA) is 34.9 Å². The van der Waals surface area contributed by atoms with Gasteiger partial charge in [-0.25, -0.2) is 4.98 Å². The minimum atomic E-state index is -0.144. The fourth-order valence-corrected chi connectivity index (χ4v) is 2.46. The van der Waals surface area contributed by atoms with Crippen LogP contribution in [-0.2, 0) is 0 Å². The Morgan fingerprint density at radius 2 is 1.67 bits per heavy atom. The van der Waals surface area contributed by atoms with Gasteiger partial charge in [-0.2, -0.15) is 0 Å². The Hall–Kier alpha value is -2.39. The summed E-state index contributed by atoms with van der Waals surface area (Å²) in [6, 6.07) is 18.4. The van der Waals surface area contributed by atoms with Crippen molar-refractivity contribution < 1.29 is 0 Å². The van der Waals surface area contributed by atoms with Gasteiger partial charge in [-0.05, 0) is 19.1 Å². The Kier molecular flexibility index (Phi) is 3.59. The Balaban J connectivity index is 2.36. The molecule has 3 rings (SSSR count). The molecular weight excluding hydrogens is 284 g/mol. The van der Waals surface area contributed by atoms with Crippen molar-refractivity contribution in [2.45, 2.75) is 6.92 Å². The molecule has 4 heteroatoms. The number of hydrogen-bond donors (Lipinski definition) is 0. The maximum absolute atomic E-state index is 12.5. The number of halogens is 1. The number of aryl methyl sites for hydroxylation is 1. The van der Waals surface area contributed by atoms with E-state index in [9.17, 15) is 4.79 Å². The van der Waals surface area contributed by atoms with Crippen LogP contribution in [0.25, 0.3) is 17.1 Å². The third-order valence-electron chi connectivity index (χ3n) is 3.17. The van der Waals surface area contributed by atoms with Crippen LogP contribution in [0.2, 0.25) is 5.02 Å². The van der Waals surface area contributed by atoms with Gasteiger partial charge in [-0.1, -0.05) is 54.1 Å². The van der Waals surface area contributed by atoms with Crippen molar-refractivity contribution in [3.63, 3.8) is 0 Å².